The van der Waals surface area contributed by atoms with Crippen LogP contribution in [0.2, 0.25) is 5.02 Å². The fourth-order valence-corrected chi connectivity index (χ4v) is 3.02. The number of nitrogens with zero attached hydrogens (tertiary/aromatic N) is 3. The summed E-state index contributed by atoms with van der Waals surface area (Å²) in [6, 6.07) is 3.75. The SMILES string of the molecule is [B]C([B])(Oc1cc(C)n(-c2cc(C)ncc2C)c(=O)c1Cl)c1ncc(F)cc1F. The zero-order chi connectivity index (χ0) is 21.5. The molecule has 0 spiro atoms. The molecule has 3 heterocycles. The summed E-state index contributed by atoms with van der Waals surface area (Å²) in [6.07, 6.45) is 2.39. The van der Waals surface area contributed by atoms with Gasteiger partial charge >= 0.3 is 0 Å². The fourth-order valence-electron chi connectivity index (χ4n) is 2.84. The second-order valence-electron chi connectivity index (χ2n) is 6.60. The highest BCUT2D eigenvalue weighted by atomic mass is 35.5. The number of rotatable bonds is 4. The predicted octanol–water partition coefficient (Wildman–Crippen LogP) is 3.01. The summed E-state index contributed by atoms with van der Waals surface area (Å²) in [5.41, 5.74) is 1.42. The van der Waals surface area contributed by atoms with Crippen molar-refractivity contribution in [1.29, 1.82) is 0 Å². The third kappa shape index (κ3) is 4.05. The molecule has 29 heavy (non-hydrogen) atoms. The Kier molecular flexibility index (Phi) is 5.54. The normalized spacial score (nSPS) is 11.5. The van der Waals surface area contributed by atoms with Gasteiger partial charge in [0, 0.05) is 29.7 Å². The van der Waals surface area contributed by atoms with Crippen molar-refractivity contribution in [1.82, 2.24) is 14.5 Å². The first-order valence-electron chi connectivity index (χ1n) is 8.45. The van der Waals surface area contributed by atoms with Crippen molar-refractivity contribution in [3.8, 4) is 11.4 Å². The lowest BCUT2D eigenvalue weighted by atomic mass is 9.62. The van der Waals surface area contributed by atoms with E-state index < -0.39 is 28.3 Å². The maximum absolute atomic E-state index is 14.0. The van der Waals surface area contributed by atoms with Crippen LogP contribution in [0.4, 0.5) is 8.78 Å². The predicted molar refractivity (Wildman–Crippen MR) is 107 cm³/mol. The Labute approximate surface area is 173 Å². The first-order chi connectivity index (χ1) is 13.5. The molecule has 10 heteroatoms. The van der Waals surface area contributed by atoms with Gasteiger partial charge in [-0.05, 0) is 32.4 Å². The molecule has 3 aromatic heterocycles. The lowest BCUT2D eigenvalue weighted by Crippen LogP contribution is -2.37. The molecular weight excluding hydrogens is 397 g/mol. The number of aryl methyl sites for hydroxylation is 3. The van der Waals surface area contributed by atoms with Gasteiger partial charge in [-0.25, -0.2) is 8.78 Å². The van der Waals surface area contributed by atoms with E-state index in [9.17, 15) is 13.6 Å². The molecule has 0 amide bonds. The second-order valence-corrected chi connectivity index (χ2v) is 6.97. The molecule has 0 saturated carbocycles. The Morgan fingerprint density at radius 2 is 1.79 bits per heavy atom. The monoisotopic (exact) mass is 411 g/mol. The molecule has 0 bridgehead atoms. The Morgan fingerprint density at radius 1 is 1.10 bits per heavy atom. The van der Waals surface area contributed by atoms with Gasteiger partial charge in [0.1, 0.15) is 43.8 Å². The number of pyridine rings is 3. The smallest absolute Gasteiger partial charge is 0.277 e. The summed E-state index contributed by atoms with van der Waals surface area (Å²) in [5.74, 6) is -2.16. The van der Waals surface area contributed by atoms with E-state index in [2.05, 4.69) is 9.97 Å². The molecule has 0 fully saturated rings. The van der Waals surface area contributed by atoms with Crippen LogP contribution < -0.4 is 10.3 Å². The average molecular weight is 411 g/mol. The van der Waals surface area contributed by atoms with Crippen molar-refractivity contribution in [2.45, 2.75) is 26.2 Å². The van der Waals surface area contributed by atoms with Gasteiger partial charge in [-0.2, -0.15) is 0 Å². The van der Waals surface area contributed by atoms with Crippen molar-refractivity contribution >= 4 is 27.3 Å². The maximum atomic E-state index is 14.0. The summed E-state index contributed by atoms with van der Waals surface area (Å²) >= 11 is 6.21. The fraction of sp³-hybridized carbons (Fsp3) is 0.211. The van der Waals surface area contributed by atoms with Crippen LogP contribution in [0.3, 0.4) is 0 Å². The molecule has 0 aliphatic rings. The van der Waals surface area contributed by atoms with Crippen LogP contribution in [0.5, 0.6) is 5.75 Å². The number of hydrogen-bond acceptors (Lipinski definition) is 4. The lowest BCUT2D eigenvalue weighted by Gasteiger charge is -2.28. The first kappa shape index (κ1) is 21.0. The van der Waals surface area contributed by atoms with Crippen molar-refractivity contribution in [2.24, 2.45) is 0 Å². The molecule has 144 valence electrons. The van der Waals surface area contributed by atoms with E-state index in [0.717, 1.165) is 11.8 Å². The Balaban J connectivity index is 2.09. The number of aromatic nitrogens is 3. The van der Waals surface area contributed by atoms with Gasteiger partial charge in [-0.3, -0.25) is 19.3 Å². The van der Waals surface area contributed by atoms with Crippen LogP contribution in [0.15, 0.2) is 35.4 Å². The topological polar surface area (TPSA) is 57.0 Å². The van der Waals surface area contributed by atoms with Crippen LogP contribution in [0.1, 0.15) is 22.6 Å². The molecule has 0 unspecified atom stereocenters. The molecule has 0 atom stereocenters. The number of ether oxygens (including phenoxy) is 1. The van der Waals surface area contributed by atoms with Crippen LogP contribution >= 0.6 is 11.6 Å². The van der Waals surface area contributed by atoms with E-state index in [1.165, 1.54) is 10.6 Å². The molecular formula is C19H14B2ClF2N3O2. The van der Waals surface area contributed by atoms with Gasteiger partial charge in [0.25, 0.3) is 5.56 Å². The molecule has 0 saturated heterocycles. The van der Waals surface area contributed by atoms with E-state index in [1.807, 2.05) is 0 Å². The van der Waals surface area contributed by atoms with Gasteiger partial charge in [0.2, 0.25) is 0 Å². The zero-order valence-electron chi connectivity index (χ0n) is 15.8. The summed E-state index contributed by atoms with van der Waals surface area (Å²) in [4.78, 5) is 20.7. The van der Waals surface area contributed by atoms with E-state index in [0.29, 0.717) is 23.1 Å². The summed E-state index contributed by atoms with van der Waals surface area (Å²) in [5, 5.41) is -2.61. The quantitative estimate of drug-likeness (QED) is 0.620. The van der Waals surface area contributed by atoms with Gasteiger partial charge < -0.3 is 4.74 Å². The van der Waals surface area contributed by atoms with Crippen LogP contribution in [0, 0.1) is 32.4 Å². The third-order valence-corrected chi connectivity index (χ3v) is 4.56. The highest BCUT2D eigenvalue weighted by molar-refractivity contribution is 6.39. The minimum Gasteiger partial charge on any atom is -0.499 e. The minimum atomic E-state index is -2.30. The third-order valence-electron chi connectivity index (χ3n) is 4.21. The van der Waals surface area contributed by atoms with Gasteiger partial charge in [-0.1, -0.05) is 11.6 Å². The van der Waals surface area contributed by atoms with Crippen molar-refractivity contribution < 1.29 is 13.5 Å². The van der Waals surface area contributed by atoms with E-state index in [4.69, 9.17) is 32.0 Å². The van der Waals surface area contributed by atoms with Crippen molar-refractivity contribution in [2.75, 3.05) is 0 Å². The van der Waals surface area contributed by atoms with Crippen LogP contribution in [-0.2, 0) is 5.40 Å². The van der Waals surface area contributed by atoms with E-state index in [-0.39, 0.29) is 10.8 Å². The second kappa shape index (κ2) is 7.63. The molecule has 0 aromatic carbocycles. The molecule has 3 rings (SSSR count). The number of hydrogen-bond donors (Lipinski definition) is 0. The largest absolute Gasteiger partial charge is 0.499 e. The Morgan fingerprint density at radius 3 is 2.45 bits per heavy atom. The molecule has 5 nitrogen and oxygen atoms in total. The highest BCUT2D eigenvalue weighted by Crippen LogP contribution is 2.30. The zero-order valence-corrected chi connectivity index (χ0v) is 16.6. The van der Waals surface area contributed by atoms with Gasteiger partial charge in [-0.15, -0.1) is 0 Å². The summed E-state index contributed by atoms with van der Waals surface area (Å²) < 4.78 is 33.9. The summed E-state index contributed by atoms with van der Waals surface area (Å²) in [7, 11) is 11.7. The molecule has 4 radical (unpaired) electrons. The van der Waals surface area contributed by atoms with Crippen LogP contribution in [-0.4, -0.2) is 30.2 Å². The highest BCUT2D eigenvalue weighted by Gasteiger charge is 2.29. The molecule has 0 aliphatic heterocycles. The number of halogens is 3. The van der Waals surface area contributed by atoms with Gasteiger partial charge in [0.05, 0.1) is 17.3 Å². The molecule has 0 N–H and O–H groups in total. The van der Waals surface area contributed by atoms with Gasteiger partial charge in [0.15, 0.2) is 0 Å². The average Bonchev–Trinajstić information content (AvgIpc) is 2.62. The summed E-state index contributed by atoms with van der Waals surface area (Å²) in [6.45, 7) is 5.26. The van der Waals surface area contributed by atoms with E-state index >= 15 is 0 Å². The van der Waals surface area contributed by atoms with Crippen LogP contribution in [0.25, 0.3) is 5.69 Å². The lowest BCUT2D eigenvalue weighted by molar-refractivity contribution is 0.232. The first-order valence-corrected chi connectivity index (χ1v) is 8.83. The molecule has 3 aromatic rings. The Hall–Kier alpha value is -2.67. The Bertz CT molecular complexity index is 1170. The van der Waals surface area contributed by atoms with Crippen molar-refractivity contribution in [3.05, 3.63) is 80.2 Å². The van der Waals surface area contributed by atoms with Crippen molar-refractivity contribution in [3.63, 3.8) is 0 Å². The minimum absolute atomic E-state index is 0.163. The van der Waals surface area contributed by atoms with E-state index in [1.54, 1.807) is 33.0 Å². The molecule has 0 aliphatic carbocycles. The standard InChI is InChI=1S/C19H14B2ClF2N3O2/c1-9-7-25-10(2)4-14(9)27-11(3)5-15(16(22)18(27)28)29-19(20,21)17-13(24)6-12(23)8-26-17/h4-8H,1-3H3. The maximum Gasteiger partial charge on any atom is 0.277 e.